The molecule has 2 heterocycles. The summed E-state index contributed by atoms with van der Waals surface area (Å²) in [5, 5.41) is 1.13. The highest BCUT2D eigenvalue weighted by Crippen LogP contribution is 2.31. The third-order valence-corrected chi connectivity index (χ3v) is 5.86. The molecule has 0 aliphatic carbocycles. The van der Waals surface area contributed by atoms with Crippen LogP contribution in [-0.2, 0) is 16.2 Å². The predicted octanol–water partition coefficient (Wildman–Crippen LogP) is 3.86. The summed E-state index contributed by atoms with van der Waals surface area (Å²) in [5.41, 5.74) is 0.970. The molecule has 0 N–H and O–H groups in total. The van der Waals surface area contributed by atoms with E-state index < -0.39 is 27.9 Å². The second kappa shape index (κ2) is 7.92. The Balaban J connectivity index is 1.63. The molecule has 0 amide bonds. The summed E-state index contributed by atoms with van der Waals surface area (Å²) in [7, 11) is -3.65. The van der Waals surface area contributed by atoms with Gasteiger partial charge in [-0.05, 0) is 31.1 Å². The minimum absolute atomic E-state index is 0.0541. The van der Waals surface area contributed by atoms with Crippen molar-refractivity contribution in [1.29, 1.82) is 0 Å². The van der Waals surface area contributed by atoms with Crippen molar-refractivity contribution >= 4 is 16.1 Å². The van der Waals surface area contributed by atoms with Crippen LogP contribution in [0.3, 0.4) is 0 Å². The lowest BCUT2D eigenvalue weighted by atomic mass is 10.2. The lowest BCUT2D eigenvalue weighted by Gasteiger charge is -2.15. The van der Waals surface area contributed by atoms with Crippen LogP contribution in [0.4, 0.5) is 13.2 Å². The van der Waals surface area contributed by atoms with Crippen molar-refractivity contribution in [3.05, 3.63) is 64.7 Å². The molecule has 9 heteroatoms. The monoisotopic (exact) mass is 412 g/mol. The third kappa shape index (κ3) is 5.11. The van der Waals surface area contributed by atoms with Crippen molar-refractivity contribution in [3.63, 3.8) is 0 Å². The van der Waals surface area contributed by atoms with Crippen LogP contribution in [0.15, 0.2) is 48.0 Å². The van der Waals surface area contributed by atoms with Gasteiger partial charge in [0.25, 0.3) is 0 Å². The zero-order valence-electron chi connectivity index (χ0n) is 15.1. The quantitative estimate of drug-likeness (QED) is 0.748. The van der Waals surface area contributed by atoms with Gasteiger partial charge in [0.15, 0.2) is 0 Å². The maximum atomic E-state index is 12.8. The first-order valence-corrected chi connectivity index (χ1v) is 10.1. The zero-order chi connectivity index (χ0) is 20.4. The summed E-state index contributed by atoms with van der Waals surface area (Å²) >= 11 is 0. The van der Waals surface area contributed by atoms with Gasteiger partial charge in [-0.1, -0.05) is 29.8 Å². The number of sulfonamides is 1. The van der Waals surface area contributed by atoms with E-state index in [-0.39, 0.29) is 19.0 Å². The number of aromatic nitrogens is 1. The molecular weight excluding hydrogens is 393 g/mol. The summed E-state index contributed by atoms with van der Waals surface area (Å²) in [6.45, 7) is 2.22. The van der Waals surface area contributed by atoms with E-state index >= 15 is 0 Å². The summed E-state index contributed by atoms with van der Waals surface area (Å²) in [6, 6.07) is 9.07. The Morgan fingerprint density at radius 2 is 1.93 bits per heavy atom. The van der Waals surface area contributed by atoms with E-state index in [4.69, 9.17) is 4.74 Å². The number of hydrogen-bond acceptors (Lipinski definition) is 4. The molecule has 1 atom stereocenters. The van der Waals surface area contributed by atoms with Crippen molar-refractivity contribution < 1.29 is 26.3 Å². The highest BCUT2D eigenvalue weighted by molar-refractivity contribution is 7.92. The van der Waals surface area contributed by atoms with Gasteiger partial charge in [-0.15, -0.1) is 0 Å². The average Bonchev–Trinajstić information content (AvgIpc) is 3.10. The molecular formula is C19H19F3N2O3S. The predicted molar refractivity (Wildman–Crippen MR) is 99.0 cm³/mol. The third-order valence-electron chi connectivity index (χ3n) is 4.33. The molecule has 3 rings (SSSR count). The van der Waals surface area contributed by atoms with E-state index in [1.807, 2.05) is 31.2 Å². The van der Waals surface area contributed by atoms with Gasteiger partial charge in [-0.3, -0.25) is 0 Å². The highest BCUT2D eigenvalue weighted by atomic mass is 32.2. The fraction of sp³-hybridized carbons (Fsp3) is 0.316. The number of pyridine rings is 1. The van der Waals surface area contributed by atoms with Gasteiger partial charge in [0.1, 0.15) is 6.10 Å². The van der Waals surface area contributed by atoms with Crippen molar-refractivity contribution in [2.24, 2.45) is 0 Å². The zero-order valence-corrected chi connectivity index (χ0v) is 15.9. The highest BCUT2D eigenvalue weighted by Gasteiger charge is 2.33. The minimum Gasteiger partial charge on any atom is -0.473 e. The first-order chi connectivity index (χ1) is 13.1. The molecule has 0 bridgehead atoms. The van der Waals surface area contributed by atoms with Gasteiger partial charge in [0, 0.05) is 24.2 Å². The van der Waals surface area contributed by atoms with Crippen LogP contribution in [0.5, 0.6) is 5.88 Å². The fourth-order valence-corrected chi connectivity index (χ4v) is 4.01. The molecule has 0 radical (unpaired) electrons. The van der Waals surface area contributed by atoms with Gasteiger partial charge in [-0.25, -0.2) is 13.4 Å². The maximum Gasteiger partial charge on any atom is 0.416 e. The summed E-state index contributed by atoms with van der Waals surface area (Å²) in [6.07, 6.45) is -2.15. The van der Waals surface area contributed by atoms with Crippen LogP contribution >= 0.6 is 0 Å². The Labute approximate surface area is 161 Å². The summed E-state index contributed by atoms with van der Waals surface area (Å²) in [4.78, 5) is 3.78. The van der Waals surface area contributed by atoms with Crippen LogP contribution in [0, 0.1) is 6.92 Å². The Hall–Kier alpha value is -2.39. The van der Waals surface area contributed by atoms with Crippen molar-refractivity contribution in [1.82, 2.24) is 9.29 Å². The van der Waals surface area contributed by atoms with E-state index in [0.717, 1.165) is 34.9 Å². The summed E-state index contributed by atoms with van der Waals surface area (Å²) < 4.78 is 70.0. The maximum absolute atomic E-state index is 12.8. The van der Waals surface area contributed by atoms with Crippen molar-refractivity contribution in [3.8, 4) is 5.88 Å². The summed E-state index contributed by atoms with van der Waals surface area (Å²) in [5.74, 6) is -0.172. The molecule has 5 nitrogen and oxygen atoms in total. The minimum atomic E-state index is -4.49. The van der Waals surface area contributed by atoms with E-state index in [1.165, 1.54) is 10.4 Å². The number of hydrogen-bond donors (Lipinski definition) is 0. The van der Waals surface area contributed by atoms with E-state index in [9.17, 15) is 21.6 Å². The van der Waals surface area contributed by atoms with Crippen molar-refractivity contribution in [2.45, 2.75) is 25.6 Å². The molecule has 150 valence electrons. The number of aryl methyl sites for hydroxylation is 1. The number of nitrogens with zero attached hydrogens (tertiary/aromatic N) is 2. The topological polar surface area (TPSA) is 59.5 Å². The van der Waals surface area contributed by atoms with Gasteiger partial charge in [0.05, 0.1) is 12.1 Å². The normalized spacial score (nSPS) is 18.6. The largest absolute Gasteiger partial charge is 0.473 e. The van der Waals surface area contributed by atoms with Gasteiger partial charge in [-0.2, -0.15) is 17.5 Å². The van der Waals surface area contributed by atoms with Crippen LogP contribution in [-0.4, -0.2) is 36.9 Å². The molecule has 1 aliphatic rings. The van der Waals surface area contributed by atoms with E-state index in [2.05, 4.69) is 4.98 Å². The lowest BCUT2D eigenvalue weighted by Crippen LogP contribution is -2.29. The van der Waals surface area contributed by atoms with Gasteiger partial charge in [0.2, 0.25) is 15.9 Å². The first-order valence-electron chi connectivity index (χ1n) is 8.58. The Kier molecular flexibility index (Phi) is 5.76. The standard InChI is InChI=1S/C19H19F3N2O3S/c1-14-2-4-15(5-3-14)8-11-28(25,26)24-10-7-17(13-24)27-18-12-16(6-9-23-18)19(20,21)22/h2-6,8-9,11-12,17H,7,10,13H2,1H3/b11-8+. The van der Waals surface area contributed by atoms with Crippen LogP contribution in [0.2, 0.25) is 0 Å². The van der Waals surface area contributed by atoms with Gasteiger partial charge >= 0.3 is 6.18 Å². The van der Waals surface area contributed by atoms with Crippen LogP contribution in [0.1, 0.15) is 23.1 Å². The van der Waals surface area contributed by atoms with Crippen molar-refractivity contribution in [2.75, 3.05) is 13.1 Å². The number of alkyl halides is 3. The molecule has 1 aromatic carbocycles. The van der Waals surface area contributed by atoms with E-state index in [1.54, 1.807) is 0 Å². The Morgan fingerprint density at radius 3 is 2.61 bits per heavy atom. The second-order valence-corrected chi connectivity index (χ2v) is 8.34. The molecule has 2 aromatic rings. The first kappa shape index (κ1) is 20.3. The molecule has 28 heavy (non-hydrogen) atoms. The SMILES string of the molecule is Cc1ccc(/C=C/S(=O)(=O)N2CCC(Oc3cc(C(F)(F)F)ccn3)C2)cc1. The number of ether oxygens (including phenoxy) is 1. The Bertz CT molecular complexity index is 957. The molecule has 1 aromatic heterocycles. The average molecular weight is 412 g/mol. The molecule has 1 saturated heterocycles. The number of benzene rings is 1. The molecule has 1 unspecified atom stereocenters. The lowest BCUT2D eigenvalue weighted by molar-refractivity contribution is -0.137. The fourth-order valence-electron chi connectivity index (χ4n) is 2.77. The molecule has 1 aliphatic heterocycles. The molecule has 1 fully saturated rings. The molecule has 0 saturated carbocycles. The number of halogens is 3. The van der Waals surface area contributed by atoms with Crippen LogP contribution in [0.25, 0.3) is 6.08 Å². The second-order valence-electron chi connectivity index (χ2n) is 6.53. The van der Waals surface area contributed by atoms with Crippen LogP contribution < -0.4 is 4.74 Å². The van der Waals surface area contributed by atoms with Gasteiger partial charge < -0.3 is 4.74 Å². The number of rotatable bonds is 5. The molecule has 0 spiro atoms. The smallest absolute Gasteiger partial charge is 0.416 e. The Morgan fingerprint density at radius 1 is 1.21 bits per heavy atom. The van der Waals surface area contributed by atoms with E-state index in [0.29, 0.717) is 6.42 Å².